The standard InChI is InChI=1S/C34H59N3O9/c1-13-25-34(8,40)30-20(4)26(36-9)18(2)15-33(7,43-17-23(35)16-42-30)29(21(5)27(38)22(6)31(39)45-25)46-32-28(41-12)24(37(10)11)14-19(3)44-32/h18-22,24-25,28-30,32,35,40H,13-17H2,1-12H3/t18-,19-,20+,21+,22-,24+,25-,28-,29-,30-,32+,33-,34-/m1/s1. The molecule has 12 nitrogen and oxygen atoms in total. The highest BCUT2D eigenvalue weighted by Crippen LogP contribution is 2.40. The van der Waals surface area contributed by atoms with E-state index in [0.717, 1.165) is 12.1 Å². The molecule has 2 N–H and O–H groups in total. The summed E-state index contributed by atoms with van der Waals surface area (Å²) in [6, 6.07) is -0.0157. The van der Waals surface area contributed by atoms with E-state index in [1.165, 1.54) is 6.92 Å². The van der Waals surface area contributed by atoms with E-state index in [-0.39, 0.29) is 49.2 Å². The maximum atomic E-state index is 14.2. The van der Waals surface area contributed by atoms with Crippen LogP contribution < -0.4 is 0 Å². The Bertz CT molecular complexity index is 1110. The molecule has 2 bridgehead atoms. The predicted molar refractivity (Wildman–Crippen MR) is 174 cm³/mol. The minimum absolute atomic E-state index is 0.0157. The lowest BCUT2D eigenvalue weighted by molar-refractivity contribution is -0.300. The van der Waals surface area contributed by atoms with Gasteiger partial charge in [-0.3, -0.25) is 14.6 Å². The molecule has 3 heterocycles. The quantitative estimate of drug-likeness (QED) is 0.334. The van der Waals surface area contributed by atoms with Gasteiger partial charge in [-0.2, -0.15) is 0 Å². The van der Waals surface area contributed by atoms with Crippen LogP contribution in [0.15, 0.2) is 4.99 Å². The Balaban J connectivity index is 2.25. The summed E-state index contributed by atoms with van der Waals surface area (Å²) in [4.78, 5) is 34.6. The van der Waals surface area contributed by atoms with Crippen molar-refractivity contribution in [2.45, 2.75) is 129 Å². The van der Waals surface area contributed by atoms with E-state index in [4.69, 9.17) is 33.8 Å². The van der Waals surface area contributed by atoms with E-state index >= 15 is 0 Å². The summed E-state index contributed by atoms with van der Waals surface area (Å²) < 4.78 is 38.0. The fraction of sp³-hybridized carbons (Fsp3) is 0.882. The molecule has 3 aliphatic heterocycles. The molecule has 3 fully saturated rings. The van der Waals surface area contributed by atoms with Gasteiger partial charge in [0.25, 0.3) is 0 Å². The maximum Gasteiger partial charge on any atom is 0.316 e. The Morgan fingerprint density at radius 2 is 1.74 bits per heavy atom. The fourth-order valence-corrected chi connectivity index (χ4v) is 7.84. The van der Waals surface area contributed by atoms with Crippen LogP contribution in [0, 0.1) is 29.1 Å². The van der Waals surface area contributed by atoms with Crippen LogP contribution in [0.4, 0.5) is 0 Å². The number of aliphatic imine (C=N–C) groups is 1. The Morgan fingerprint density at radius 1 is 1.09 bits per heavy atom. The average molecular weight is 654 g/mol. The number of methoxy groups -OCH3 is 1. The number of hydrogen-bond acceptors (Lipinski definition) is 12. The van der Waals surface area contributed by atoms with Crippen LogP contribution in [0.2, 0.25) is 0 Å². The largest absolute Gasteiger partial charge is 0.459 e. The first kappa shape index (κ1) is 38.6. The number of cyclic esters (lactones) is 1. The van der Waals surface area contributed by atoms with Gasteiger partial charge in [-0.1, -0.05) is 27.7 Å². The number of nitrogens with one attached hydrogen (secondary N) is 1. The van der Waals surface area contributed by atoms with Gasteiger partial charge in [0.05, 0.1) is 42.8 Å². The number of likely N-dealkylation sites (N-methyl/N-ethyl adjacent to an activating group) is 1. The van der Waals surface area contributed by atoms with Gasteiger partial charge in [0.15, 0.2) is 12.1 Å². The number of ketones is 1. The van der Waals surface area contributed by atoms with Crippen LogP contribution in [0.25, 0.3) is 0 Å². The minimum atomic E-state index is -1.66. The second-order valence-electron chi connectivity index (χ2n) is 14.3. The van der Waals surface area contributed by atoms with Crippen LogP contribution in [-0.4, -0.2) is 129 Å². The Labute approximate surface area is 275 Å². The highest BCUT2D eigenvalue weighted by molar-refractivity contribution is 6.00. The Morgan fingerprint density at radius 3 is 2.30 bits per heavy atom. The van der Waals surface area contributed by atoms with Gasteiger partial charge in [-0.15, -0.1) is 0 Å². The fourth-order valence-electron chi connectivity index (χ4n) is 7.84. The molecule has 3 rings (SSSR count). The van der Waals surface area contributed by atoms with Gasteiger partial charge in [0.1, 0.15) is 23.7 Å². The average Bonchev–Trinajstić information content (AvgIpc) is 3.00. The number of hydrogen-bond donors (Lipinski definition) is 2. The molecule has 0 unspecified atom stereocenters. The number of Topliss-reactive ketones (excluding diaryl/α,β-unsaturated/α-hetero) is 1. The van der Waals surface area contributed by atoms with Crippen molar-refractivity contribution in [3.8, 4) is 0 Å². The zero-order valence-electron chi connectivity index (χ0n) is 30.0. The van der Waals surface area contributed by atoms with Crippen molar-refractivity contribution in [1.29, 1.82) is 5.41 Å². The van der Waals surface area contributed by atoms with E-state index in [1.807, 2.05) is 48.7 Å². The minimum Gasteiger partial charge on any atom is -0.459 e. The van der Waals surface area contributed by atoms with Crippen LogP contribution in [0.3, 0.4) is 0 Å². The molecule has 3 aliphatic rings. The van der Waals surface area contributed by atoms with E-state index in [2.05, 4.69) is 9.89 Å². The molecule has 0 aromatic rings. The Kier molecular flexibility index (Phi) is 13.1. The third-order valence-corrected chi connectivity index (χ3v) is 10.4. The molecule has 0 aromatic carbocycles. The van der Waals surface area contributed by atoms with Gasteiger partial charge in [-0.05, 0) is 67.0 Å². The summed E-state index contributed by atoms with van der Waals surface area (Å²) in [7, 11) is 7.29. The summed E-state index contributed by atoms with van der Waals surface area (Å²) in [5, 5.41) is 20.8. The van der Waals surface area contributed by atoms with Gasteiger partial charge in [0, 0.05) is 37.7 Å². The van der Waals surface area contributed by atoms with Crippen molar-refractivity contribution in [3.05, 3.63) is 0 Å². The molecule has 0 radical (unpaired) electrons. The van der Waals surface area contributed by atoms with E-state index in [9.17, 15) is 14.7 Å². The first-order valence-corrected chi connectivity index (χ1v) is 16.7. The predicted octanol–water partition coefficient (Wildman–Crippen LogP) is 3.31. The van der Waals surface area contributed by atoms with Crippen molar-refractivity contribution in [3.63, 3.8) is 0 Å². The first-order valence-electron chi connectivity index (χ1n) is 16.7. The molecular formula is C34H59N3O9. The number of carbonyl (C=O) groups excluding carboxylic acids is 2. The van der Waals surface area contributed by atoms with Gasteiger partial charge >= 0.3 is 5.97 Å². The molecule has 46 heavy (non-hydrogen) atoms. The highest BCUT2D eigenvalue weighted by Gasteiger charge is 2.53. The molecule has 0 spiro atoms. The number of rotatable bonds is 5. The molecule has 264 valence electrons. The van der Waals surface area contributed by atoms with Gasteiger partial charge in [-0.25, -0.2) is 0 Å². The number of nitrogens with zero attached hydrogens (tertiary/aromatic N) is 2. The van der Waals surface area contributed by atoms with Gasteiger partial charge in [0.2, 0.25) is 0 Å². The van der Waals surface area contributed by atoms with Crippen molar-refractivity contribution in [2.75, 3.05) is 41.5 Å². The van der Waals surface area contributed by atoms with Gasteiger partial charge < -0.3 is 43.8 Å². The number of fused-ring (bicyclic) bond motifs is 5. The zero-order valence-corrected chi connectivity index (χ0v) is 30.0. The Hall–Kier alpha value is -1.80. The van der Waals surface area contributed by atoms with Crippen LogP contribution in [-0.2, 0) is 38.0 Å². The van der Waals surface area contributed by atoms with E-state index in [0.29, 0.717) is 6.42 Å². The molecular weight excluding hydrogens is 594 g/mol. The second-order valence-corrected chi connectivity index (χ2v) is 14.3. The lowest BCUT2D eigenvalue weighted by Gasteiger charge is -2.48. The first-order chi connectivity index (χ1) is 21.4. The SMILES string of the molecule is CC[C@H]1OC(=O)[C@H](C)C(=O)[C@H](C)[C@@H](O[C@@H]2O[C@H](C)C[C@H](N(C)C)[C@H]2OC)[C@@]2(C)C[C@@H](C)C(=NC)[C@H](C)[C@@H](OCC(=N)CO2)[C@]1(C)O. The zero-order chi connectivity index (χ0) is 34.7. The van der Waals surface area contributed by atoms with Crippen molar-refractivity contribution in [1.82, 2.24) is 4.90 Å². The third kappa shape index (κ3) is 8.07. The summed E-state index contributed by atoms with van der Waals surface area (Å²) in [5.74, 6) is -3.77. The topological polar surface area (TPSA) is 149 Å². The van der Waals surface area contributed by atoms with Crippen molar-refractivity contribution in [2.24, 2.45) is 28.7 Å². The number of carbonyl (C=O) groups is 2. The second kappa shape index (κ2) is 15.6. The molecule has 12 heteroatoms. The molecule has 0 aliphatic carbocycles. The number of esters is 1. The normalized spacial score (nSPS) is 44.8. The monoisotopic (exact) mass is 653 g/mol. The molecule has 0 aromatic heterocycles. The smallest absolute Gasteiger partial charge is 0.316 e. The van der Waals surface area contributed by atoms with Crippen molar-refractivity contribution < 1.29 is 43.1 Å². The lowest BCUT2D eigenvalue weighted by atomic mass is 9.73. The summed E-state index contributed by atoms with van der Waals surface area (Å²) in [5.41, 5.74) is -1.90. The lowest BCUT2D eigenvalue weighted by Crippen LogP contribution is -2.60. The van der Waals surface area contributed by atoms with Crippen molar-refractivity contribution >= 4 is 23.2 Å². The summed E-state index contributed by atoms with van der Waals surface area (Å²) in [6.45, 7) is 14.3. The van der Waals surface area contributed by atoms with E-state index in [1.54, 1.807) is 28.0 Å². The van der Waals surface area contributed by atoms with Crippen LogP contribution >= 0.6 is 0 Å². The third-order valence-electron chi connectivity index (χ3n) is 10.4. The van der Waals surface area contributed by atoms with Crippen LogP contribution in [0.5, 0.6) is 0 Å². The number of aliphatic hydroxyl groups is 1. The molecule has 0 amide bonds. The summed E-state index contributed by atoms with van der Waals surface area (Å²) in [6.07, 6.45) is -2.87. The van der Waals surface area contributed by atoms with E-state index < -0.39 is 65.6 Å². The molecule has 0 saturated carbocycles. The highest BCUT2D eigenvalue weighted by atomic mass is 16.7. The molecule has 13 atom stereocenters. The maximum absolute atomic E-state index is 14.2. The number of ether oxygens (including phenoxy) is 6. The summed E-state index contributed by atoms with van der Waals surface area (Å²) >= 11 is 0. The van der Waals surface area contributed by atoms with Crippen LogP contribution in [0.1, 0.15) is 74.7 Å². The molecule has 3 saturated heterocycles.